The first-order valence-corrected chi connectivity index (χ1v) is 8.61. The summed E-state index contributed by atoms with van der Waals surface area (Å²) in [7, 11) is 3.32. The van der Waals surface area contributed by atoms with Crippen LogP contribution in [0.25, 0.3) is 10.4 Å². The third-order valence-electron chi connectivity index (χ3n) is 3.90. The maximum atomic E-state index is 5.61. The number of rotatable bonds is 7. The summed E-state index contributed by atoms with van der Waals surface area (Å²) in [6.45, 7) is 2.55. The molecule has 1 atom stereocenters. The van der Waals surface area contributed by atoms with E-state index in [9.17, 15) is 0 Å². The maximum absolute atomic E-state index is 5.61. The summed E-state index contributed by atoms with van der Waals surface area (Å²) in [5, 5.41) is 4.49. The molecular formula is C17H22N2O3S. The van der Waals surface area contributed by atoms with Gasteiger partial charge < -0.3 is 19.5 Å². The Kier molecular flexibility index (Phi) is 5.48. The first-order chi connectivity index (χ1) is 11.3. The second-order valence-electron chi connectivity index (χ2n) is 5.45. The van der Waals surface area contributed by atoms with E-state index in [1.165, 1.54) is 6.42 Å². The Morgan fingerprint density at radius 2 is 2.26 bits per heavy atom. The fourth-order valence-corrected chi connectivity index (χ4v) is 3.58. The first kappa shape index (κ1) is 16.2. The zero-order valence-electron chi connectivity index (χ0n) is 13.5. The van der Waals surface area contributed by atoms with E-state index < -0.39 is 0 Å². The van der Waals surface area contributed by atoms with E-state index in [0.29, 0.717) is 6.10 Å². The van der Waals surface area contributed by atoms with E-state index in [2.05, 4.69) is 10.3 Å². The Labute approximate surface area is 140 Å². The Bertz CT molecular complexity index is 639. The third-order valence-corrected chi connectivity index (χ3v) is 4.93. The molecule has 0 spiro atoms. The average Bonchev–Trinajstić information content (AvgIpc) is 3.26. The number of methoxy groups -OCH3 is 2. The van der Waals surface area contributed by atoms with Crippen molar-refractivity contribution in [2.45, 2.75) is 25.5 Å². The highest BCUT2D eigenvalue weighted by Crippen LogP contribution is 2.36. The molecule has 6 heteroatoms. The summed E-state index contributed by atoms with van der Waals surface area (Å²) in [4.78, 5) is 5.60. The number of hydrogen-bond acceptors (Lipinski definition) is 6. The highest BCUT2D eigenvalue weighted by molar-refractivity contribution is 7.15. The second-order valence-corrected chi connectivity index (χ2v) is 6.57. The van der Waals surface area contributed by atoms with Crippen LogP contribution in [0.2, 0.25) is 0 Å². The van der Waals surface area contributed by atoms with Gasteiger partial charge in [0, 0.05) is 37.5 Å². The minimum absolute atomic E-state index is 0.358. The van der Waals surface area contributed by atoms with E-state index in [1.54, 1.807) is 25.6 Å². The van der Waals surface area contributed by atoms with Crippen LogP contribution in [0, 0.1) is 0 Å². The highest BCUT2D eigenvalue weighted by atomic mass is 32.1. The van der Waals surface area contributed by atoms with E-state index >= 15 is 0 Å². The third kappa shape index (κ3) is 4.02. The fourth-order valence-electron chi connectivity index (χ4n) is 2.66. The first-order valence-electron chi connectivity index (χ1n) is 7.79. The summed E-state index contributed by atoms with van der Waals surface area (Å²) in [5.41, 5.74) is 1.04. The molecular weight excluding hydrogens is 312 g/mol. The van der Waals surface area contributed by atoms with Crippen LogP contribution in [0.4, 0.5) is 0 Å². The van der Waals surface area contributed by atoms with Crippen molar-refractivity contribution in [1.82, 2.24) is 10.3 Å². The number of nitrogens with one attached hydrogen (secondary N) is 1. The lowest BCUT2D eigenvalue weighted by Gasteiger charge is -2.09. The molecule has 0 saturated carbocycles. The van der Waals surface area contributed by atoms with Gasteiger partial charge in [-0.2, -0.15) is 0 Å². The van der Waals surface area contributed by atoms with Crippen LogP contribution >= 0.6 is 11.3 Å². The van der Waals surface area contributed by atoms with E-state index in [1.807, 2.05) is 24.4 Å². The van der Waals surface area contributed by atoms with Crippen molar-refractivity contribution in [2.75, 3.05) is 27.4 Å². The van der Waals surface area contributed by atoms with Gasteiger partial charge >= 0.3 is 0 Å². The largest absolute Gasteiger partial charge is 0.497 e. The lowest BCUT2D eigenvalue weighted by molar-refractivity contribution is 0.110. The van der Waals surface area contributed by atoms with Crippen LogP contribution < -0.4 is 14.8 Å². The Morgan fingerprint density at radius 3 is 3.00 bits per heavy atom. The molecule has 1 saturated heterocycles. The van der Waals surface area contributed by atoms with Gasteiger partial charge in [0.1, 0.15) is 16.5 Å². The molecule has 2 aromatic rings. The lowest BCUT2D eigenvalue weighted by atomic mass is 10.1. The van der Waals surface area contributed by atoms with Crippen molar-refractivity contribution in [2.24, 2.45) is 0 Å². The van der Waals surface area contributed by atoms with Gasteiger partial charge in [-0.15, -0.1) is 11.3 Å². The summed E-state index contributed by atoms with van der Waals surface area (Å²) < 4.78 is 16.3. The molecule has 0 aliphatic carbocycles. The summed E-state index contributed by atoms with van der Waals surface area (Å²) >= 11 is 1.68. The molecule has 1 N–H and O–H groups in total. The fraction of sp³-hybridized carbons (Fsp3) is 0.471. The van der Waals surface area contributed by atoms with Gasteiger partial charge in [-0.1, -0.05) is 0 Å². The molecule has 5 nitrogen and oxygen atoms in total. The summed E-state index contributed by atoms with van der Waals surface area (Å²) in [5.74, 6) is 1.58. The van der Waals surface area contributed by atoms with Gasteiger partial charge in [0.05, 0.1) is 25.2 Å². The van der Waals surface area contributed by atoms with Gasteiger partial charge in [-0.05, 0) is 25.0 Å². The van der Waals surface area contributed by atoms with Crippen LogP contribution in [0.15, 0.2) is 24.4 Å². The number of ether oxygens (including phenoxy) is 3. The minimum Gasteiger partial charge on any atom is -0.497 e. The van der Waals surface area contributed by atoms with Gasteiger partial charge in [0.2, 0.25) is 0 Å². The second kappa shape index (κ2) is 7.77. The number of nitrogens with zero attached hydrogens (tertiary/aromatic N) is 1. The molecule has 0 bridgehead atoms. The normalized spacial score (nSPS) is 17.4. The molecule has 1 aliphatic heterocycles. The van der Waals surface area contributed by atoms with Crippen molar-refractivity contribution in [3.63, 3.8) is 0 Å². The van der Waals surface area contributed by atoms with Crippen LogP contribution in [0.3, 0.4) is 0 Å². The minimum atomic E-state index is 0.358. The number of benzene rings is 1. The predicted molar refractivity (Wildman–Crippen MR) is 91.3 cm³/mol. The Morgan fingerprint density at radius 1 is 1.35 bits per heavy atom. The lowest BCUT2D eigenvalue weighted by Crippen LogP contribution is -2.25. The monoisotopic (exact) mass is 334 g/mol. The van der Waals surface area contributed by atoms with Gasteiger partial charge in [-0.3, -0.25) is 0 Å². The highest BCUT2D eigenvalue weighted by Gasteiger charge is 2.15. The Balaban J connectivity index is 1.64. The maximum Gasteiger partial charge on any atom is 0.131 e. The molecule has 2 heterocycles. The van der Waals surface area contributed by atoms with Crippen molar-refractivity contribution >= 4 is 11.3 Å². The summed E-state index contributed by atoms with van der Waals surface area (Å²) in [6.07, 6.45) is 4.58. The molecule has 1 aliphatic rings. The summed E-state index contributed by atoms with van der Waals surface area (Å²) in [6, 6.07) is 5.84. The number of thiazole rings is 1. The molecule has 23 heavy (non-hydrogen) atoms. The van der Waals surface area contributed by atoms with Crippen molar-refractivity contribution in [3.05, 3.63) is 29.4 Å². The smallest absolute Gasteiger partial charge is 0.131 e. The van der Waals surface area contributed by atoms with Gasteiger partial charge in [-0.25, -0.2) is 4.98 Å². The van der Waals surface area contributed by atoms with E-state index in [4.69, 9.17) is 14.2 Å². The number of hydrogen-bond donors (Lipinski definition) is 1. The topological polar surface area (TPSA) is 52.6 Å². The molecule has 1 aromatic carbocycles. The van der Waals surface area contributed by atoms with Crippen molar-refractivity contribution in [3.8, 4) is 21.9 Å². The van der Waals surface area contributed by atoms with Gasteiger partial charge in [0.25, 0.3) is 0 Å². The van der Waals surface area contributed by atoms with Crippen molar-refractivity contribution in [1.29, 1.82) is 0 Å². The standard InChI is InChI=1S/C17H22N2O3S/c1-20-12-5-6-14(15(8-12)21-2)16-10-19-17(23-16)11-18-9-13-4-3-7-22-13/h5-6,8,10,13,18H,3-4,7,9,11H2,1-2H3. The van der Waals surface area contributed by atoms with Crippen LogP contribution in [-0.4, -0.2) is 38.5 Å². The quantitative estimate of drug-likeness (QED) is 0.843. The molecule has 124 valence electrons. The van der Waals surface area contributed by atoms with Crippen LogP contribution in [-0.2, 0) is 11.3 Å². The molecule has 3 rings (SSSR count). The molecule has 1 fully saturated rings. The zero-order valence-corrected chi connectivity index (χ0v) is 14.3. The van der Waals surface area contributed by atoms with Gasteiger partial charge in [0.15, 0.2) is 0 Å². The average molecular weight is 334 g/mol. The van der Waals surface area contributed by atoms with Crippen LogP contribution in [0.5, 0.6) is 11.5 Å². The molecule has 1 aromatic heterocycles. The predicted octanol–water partition coefficient (Wildman–Crippen LogP) is 3.10. The Hall–Kier alpha value is -1.63. The SMILES string of the molecule is COc1ccc(-c2cnc(CNCC3CCCO3)s2)c(OC)c1. The zero-order chi connectivity index (χ0) is 16.1. The van der Waals surface area contributed by atoms with Crippen molar-refractivity contribution < 1.29 is 14.2 Å². The van der Waals surface area contributed by atoms with E-state index in [0.717, 1.165) is 53.1 Å². The molecule has 1 unspecified atom stereocenters. The van der Waals surface area contributed by atoms with Crippen LogP contribution in [0.1, 0.15) is 17.8 Å². The number of aromatic nitrogens is 1. The van der Waals surface area contributed by atoms with E-state index in [-0.39, 0.29) is 0 Å². The molecule has 0 amide bonds. The molecule has 0 radical (unpaired) electrons.